The van der Waals surface area contributed by atoms with Gasteiger partial charge < -0.3 is 5.32 Å². The molecule has 1 fully saturated rings. The third-order valence-corrected chi connectivity index (χ3v) is 6.94. The van der Waals surface area contributed by atoms with Crippen LogP contribution in [0.1, 0.15) is 75.3 Å². The van der Waals surface area contributed by atoms with Crippen LogP contribution in [0, 0.1) is 0 Å². The number of hydrogen-bond donors (Lipinski definition) is 1. The molecule has 1 aliphatic heterocycles. The molecule has 1 aliphatic rings. The lowest BCUT2D eigenvalue weighted by molar-refractivity contribution is -0.116. The highest BCUT2D eigenvalue weighted by Gasteiger charge is 2.33. The standard InChI is InChI=1S/C26H34N2O2S/c1-3-5-6-7-8-9-10-24(29)27-22-15-13-21(14-16-22)26-28(25(30)19-31-26)23-17-11-20(4-2)12-18-23/h11-18,26H,3-10,19H2,1-2H3,(H,27,29). The van der Waals surface area contributed by atoms with E-state index in [1.54, 1.807) is 11.8 Å². The second-order valence-electron chi connectivity index (χ2n) is 8.14. The van der Waals surface area contributed by atoms with Crippen LogP contribution in [0.25, 0.3) is 0 Å². The van der Waals surface area contributed by atoms with E-state index in [0.29, 0.717) is 12.2 Å². The molecular weight excluding hydrogens is 404 g/mol. The highest BCUT2D eigenvalue weighted by atomic mass is 32.2. The fraction of sp³-hybridized carbons (Fsp3) is 0.462. The summed E-state index contributed by atoms with van der Waals surface area (Å²) in [6.07, 6.45) is 8.62. The molecule has 1 unspecified atom stereocenters. The summed E-state index contributed by atoms with van der Waals surface area (Å²) in [5.41, 5.74) is 4.09. The Kier molecular flexibility index (Phi) is 9.01. The second kappa shape index (κ2) is 11.9. The Labute approximate surface area is 190 Å². The van der Waals surface area contributed by atoms with Gasteiger partial charge in [0, 0.05) is 17.8 Å². The number of rotatable bonds is 11. The van der Waals surface area contributed by atoms with Gasteiger partial charge in [0.05, 0.1) is 5.75 Å². The van der Waals surface area contributed by atoms with Crippen molar-refractivity contribution in [3.05, 3.63) is 59.7 Å². The number of carbonyl (C=O) groups excluding carboxylic acids is 2. The van der Waals surface area contributed by atoms with Gasteiger partial charge in [-0.2, -0.15) is 0 Å². The third-order valence-electron chi connectivity index (χ3n) is 5.73. The number of hydrogen-bond acceptors (Lipinski definition) is 3. The topological polar surface area (TPSA) is 49.4 Å². The molecule has 4 nitrogen and oxygen atoms in total. The number of nitrogens with one attached hydrogen (secondary N) is 1. The van der Waals surface area contributed by atoms with Crippen molar-refractivity contribution >= 4 is 35.0 Å². The number of carbonyl (C=O) groups is 2. The van der Waals surface area contributed by atoms with Crippen molar-refractivity contribution in [2.75, 3.05) is 16.0 Å². The Balaban J connectivity index is 1.56. The summed E-state index contributed by atoms with van der Waals surface area (Å²) in [6.45, 7) is 4.34. The number of thioether (sulfide) groups is 1. The minimum atomic E-state index is -0.0344. The van der Waals surface area contributed by atoms with E-state index in [0.717, 1.165) is 36.2 Å². The lowest BCUT2D eigenvalue weighted by Gasteiger charge is -2.24. The highest BCUT2D eigenvalue weighted by Crippen LogP contribution is 2.42. The van der Waals surface area contributed by atoms with Gasteiger partial charge >= 0.3 is 0 Å². The van der Waals surface area contributed by atoms with Gasteiger partial charge in [-0.1, -0.05) is 70.2 Å². The lowest BCUT2D eigenvalue weighted by atomic mass is 10.1. The molecule has 1 heterocycles. The van der Waals surface area contributed by atoms with Crippen LogP contribution in [0.15, 0.2) is 48.5 Å². The monoisotopic (exact) mass is 438 g/mol. The first-order chi connectivity index (χ1) is 15.1. The summed E-state index contributed by atoms with van der Waals surface area (Å²) in [7, 11) is 0. The zero-order valence-corrected chi connectivity index (χ0v) is 19.5. The lowest BCUT2D eigenvalue weighted by Crippen LogP contribution is -2.27. The molecule has 0 radical (unpaired) electrons. The average Bonchev–Trinajstić information content (AvgIpc) is 3.18. The van der Waals surface area contributed by atoms with Crippen LogP contribution in [-0.2, 0) is 16.0 Å². The average molecular weight is 439 g/mol. The van der Waals surface area contributed by atoms with E-state index in [4.69, 9.17) is 0 Å². The van der Waals surface area contributed by atoms with Crippen LogP contribution in [0.2, 0.25) is 0 Å². The van der Waals surface area contributed by atoms with Crippen molar-refractivity contribution in [3.63, 3.8) is 0 Å². The number of aryl methyl sites for hydroxylation is 1. The van der Waals surface area contributed by atoms with Gasteiger partial charge in [-0.05, 0) is 48.2 Å². The zero-order valence-electron chi connectivity index (χ0n) is 18.7. The fourth-order valence-electron chi connectivity index (χ4n) is 3.86. The Bertz CT molecular complexity index is 849. The summed E-state index contributed by atoms with van der Waals surface area (Å²) in [5.74, 6) is 0.693. The maximum Gasteiger partial charge on any atom is 0.238 e. The van der Waals surface area contributed by atoms with Gasteiger partial charge in [0.1, 0.15) is 5.37 Å². The summed E-state index contributed by atoms with van der Waals surface area (Å²) < 4.78 is 0. The van der Waals surface area contributed by atoms with E-state index >= 15 is 0 Å². The first-order valence-corrected chi connectivity index (χ1v) is 12.6. The summed E-state index contributed by atoms with van der Waals surface area (Å²) in [5, 5.41) is 2.97. The highest BCUT2D eigenvalue weighted by molar-refractivity contribution is 8.00. The number of amides is 2. The Morgan fingerprint density at radius 2 is 1.65 bits per heavy atom. The molecule has 2 aromatic carbocycles. The van der Waals surface area contributed by atoms with Crippen LogP contribution < -0.4 is 10.2 Å². The van der Waals surface area contributed by atoms with Crippen molar-refractivity contribution in [2.24, 2.45) is 0 Å². The van der Waals surface area contributed by atoms with Crippen molar-refractivity contribution < 1.29 is 9.59 Å². The van der Waals surface area contributed by atoms with Crippen molar-refractivity contribution in [3.8, 4) is 0 Å². The first kappa shape index (κ1) is 23.4. The molecule has 1 saturated heterocycles. The van der Waals surface area contributed by atoms with Crippen molar-refractivity contribution in [1.29, 1.82) is 0 Å². The Hall–Kier alpha value is -2.27. The fourth-order valence-corrected chi connectivity index (χ4v) is 5.04. The second-order valence-corrected chi connectivity index (χ2v) is 9.20. The Morgan fingerprint density at radius 3 is 2.32 bits per heavy atom. The molecular formula is C26H34N2O2S. The molecule has 0 spiro atoms. The van der Waals surface area contributed by atoms with E-state index in [1.165, 1.54) is 31.2 Å². The SMILES string of the molecule is CCCCCCCCC(=O)Nc1ccc(C2SCC(=O)N2c2ccc(CC)cc2)cc1. The van der Waals surface area contributed by atoms with E-state index in [9.17, 15) is 9.59 Å². The van der Waals surface area contributed by atoms with Crippen LogP contribution in [0.5, 0.6) is 0 Å². The smallest absolute Gasteiger partial charge is 0.238 e. The van der Waals surface area contributed by atoms with E-state index < -0.39 is 0 Å². The summed E-state index contributed by atoms with van der Waals surface area (Å²) in [4.78, 5) is 26.6. The van der Waals surface area contributed by atoms with Gasteiger partial charge in [-0.15, -0.1) is 11.8 Å². The maximum absolute atomic E-state index is 12.6. The number of anilines is 2. The molecule has 0 aliphatic carbocycles. The molecule has 0 saturated carbocycles. The zero-order chi connectivity index (χ0) is 22.1. The van der Waals surface area contributed by atoms with E-state index in [-0.39, 0.29) is 17.2 Å². The van der Waals surface area contributed by atoms with Gasteiger partial charge in [-0.3, -0.25) is 14.5 Å². The normalized spacial score (nSPS) is 16.0. The molecule has 3 rings (SSSR count). The molecule has 0 bridgehead atoms. The molecule has 166 valence electrons. The maximum atomic E-state index is 12.6. The minimum absolute atomic E-state index is 0.0344. The molecule has 1 N–H and O–H groups in total. The largest absolute Gasteiger partial charge is 0.326 e. The molecule has 1 atom stereocenters. The number of benzene rings is 2. The van der Waals surface area contributed by atoms with Crippen LogP contribution in [-0.4, -0.2) is 17.6 Å². The number of unbranched alkanes of at least 4 members (excludes halogenated alkanes) is 5. The summed E-state index contributed by atoms with van der Waals surface area (Å²) >= 11 is 1.64. The molecule has 31 heavy (non-hydrogen) atoms. The minimum Gasteiger partial charge on any atom is -0.326 e. The van der Waals surface area contributed by atoms with Gasteiger partial charge in [0.25, 0.3) is 0 Å². The molecule has 5 heteroatoms. The summed E-state index contributed by atoms with van der Waals surface area (Å²) in [6, 6.07) is 16.2. The van der Waals surface area contributed by atoms with E-state index in [2.05, 4.69) is 31.3 Å². The third kappa shape index (κ3) is 6.60. The molecule has 2 amide bonds. The predicted octanol–water partition coefficient (Wildman–Crippen LogP) is 6.72. The van der Waals surface area contributed by atoms with Gasteiger partial charge in [0.15, 0.2) is 0 Å². The number of nitrogens with zero attached hydrogens (tertiary/aromatic N) is 1. The predicted molar refractivity (Wildman–Crippen MR) is 132 cm³/mol. The van der Waals surface area contributed by atoms with Crippen molar-refractivity contribution in [1.82, 2.24) is 0 Å². The molecule has 0 aromatic heterocycles. The van der Waals surface area contributed by atoms with Crippen LogP contribution >= 0.6 is 11.8 Å². The van der Waals surface area contributed by atoms with Gasteiger partial charge in [-0.25, -0.2) is 0 Å². The molecule has 2 aromatic rings. The van der Waals surface area contributed by atoms with Gasteiger partial charge in [0.2, 0.25) is 11.8 Å². The van der Waals surface area contributed by atoms with Crippen molar-refractivity contribution in [2.45, 2.75) is 70.6 Å². The quantitative estimate of drug-likeness (QED) is 0.396. The van der Waals surface area contributed by atoms with Crippen LogP contribution in [0.4, 0.5) is 11.4 Å². The first-order valence-electron chi connectivity index (χ1n) is 11.5. The Morgan fingerprint density at radius 1 is 0.968 bits per heavy atom. The van der Waals surface area contributed by atoms with Crippen LogP contribution in [0.3, 0.4) is 0 Å². The van der Waals surface area contributed by atoms with E-state index in [1.807, 2.05) is 41.3 Å².